The van der Waals surface area contributed by atoms with E-state index in [1.54, 1.807) is 0 Å². The molecule has 0 saturated carbocycles. The van der Waals surface area contributed by atoms with Crippen LogP contribution in [-0.4, -0.2) is 24.1 Å². The van der Waals surface area contributed by atoms with Crippen LogP contribution in [0.2, 0.25) is 0 Å². The van der Waals surface area contributed by atoms with E-state index in [0.29, 0.717) is 31.2 Å². The van der Waals surface area contributed by atoms with Crippen molar-refractivity contribution in [2.75, 3.05) is 18.5 Å². The average molecular weight is 411 g/mol. The topological polar surface area (TPSA) is 60.5 Å². The molecule has 0 radical (unpaired) electrons. The van der Waals surface area contributed by atoms with Gasteiger partial charge in [-0.25, -0.2) is 4.98 Å². The van der Waals surface area contributed by atoms with Gasteiger partial charge in [0.1, 0.15) is 11.5 Å². The van der Waals surface area contributed by atoms with Gasteiger partial charge < -0.3 is 14.8 Å². The monoisotopic (exact) mass is 410 g/mol. The Labute approximate surface area is 175 Å². The van der Waals surface area contributed by atoms with Crippen molar-refractivity contribution in [2.24, 2.45) is 0 Å². The first kappa shape index (κ1) is 20.9. The number of thiazole rings is 1. The summed E-state index contributed by atoms with van der Waals surface area (Å²) in [5.74, 6) is 1.57. The SMILES string of the molecule is CCOc1ccccc1-c1csc(NC(=O)CCCOc2ccc(CC)cc2)n1. The summed E-state index contributed by atoms with van der Waals surface area (Å²) < 4.78 is 11.4. The molecule has 0 aliphatic carbocycles. The molecule has 0 spiro atoms. The Hall–Kier alpha value is -2.86. The molecule has 1 aromatic heterocycles. The number of carbonyl (C=O) groups excluding carboxylic acids is 1. The summed E-state index contributed by atoms with van der Waals surface area (Å²) in [6.07, 6.45) is 2.04. The van der Waals surface area contributed by atoms with Crippen molar-refractivity contribution in [3.63, 3.8) is 0 Å². The molecule has 0 aliphatic rings. The van der Waals surface area contributed by atoms with Gasteiger partial charge in [-0.1, -0.05) is 31.2 Å². The molecule has 1 N–H and O–H groups in total. The average Bonchev–Trinajstić information content (AvgIpc) is 3.20. The molecule has 1 amide bonds. The molecule has 3 aromatic rings. The van der Waals surface area contributed by atoms with Gasteiger partial charge in [0.15, 0.2) is 5.13 Å². The number of hydrogen-bond acceptors (Lipinski definition) is 5. The second-order valence-electron chi connectivity index (χ2n) is 6.46. The molecular formula is C23H26N2O3S. The van der Waals surface area contributed by atoms with Crippen LogP contribution >= 0.6 is 11.3 Å². The lowest BCUT2D eigenvalue weighted by Crippen LogP contribution is -2.12. The maximum atomic E-state index is 12.2. The van der Waals surface area contributed by atoms with Gasteiger partial charge in [0.2, 0.25) is 5.91 Å². The highest BCUT2D eigenvalue weighted by Crippen LogP contribution is 2.32. The Morgan fingerprint density at radius 1 is 1.07 bits per heavy atom. The van der Waals surface area contributed by atoms with Crippen molar-refractivity contribution < 1.29 is 14.3 Å². The highest BCUT2D eigenvalue weighted by Gasteiger charge is 2.11. The third-order valence-corrected chi connectivity index (χ3v) is 5.12. The predicted molar refractivity (Wildman–Crippen MR) is 118 cm³/mol. The molecule has 0 atom stereocenters. The zero-order chi connectivity index (χ0) is 20.5. The molecule has 0 saturated heterocycles. The van der Waals surface area contributed by atoms with Crippen molar-refractivity contribution in [1.29, 1.82) is 0 Å². The van der Waals surface area contributed by atoms with Crippen molar-refractivity contribution in [3.05, 3.63) is 59.5 Å². The van der Waals surface area contributed by atoms with E-state index in [0.717, 1.165) is 29.2 Å². The zero-order valence-electron chi connectivity index (χ0n) is 16.8. The molecular weight excluding hydrogens is 384 g/mol. The Kier molecular flexibility index (Phi) is 7.64. The standard InChI is InChI=1S/C23H26N2O3S/c1-3-17-11-13-18(14-12-17)28-15-7-10-22(26)25-23-24-20(16-29-23)19-8-5-6-9-21(19)27-4-2/h5-6,8-9,11-14,16H,3-4,7,10,15H2,1-2H3,(H,24,25,26). The summed E-state index contributed by atoms with van der Waals surface area (Å²) >= 11 is 1.41. The lowest BCUT2D eigenvalue weighted by Gasteiger charge is -2.07. The number of para-hydroxylation sites is 1. The lowest BCUT2D eigenvalue weighted by molar-refractivity contribution is -0.116. The number of amides is 1. The first-order valence-electron chi connectivity index (χ1n) is 9.89. The number of hydrogen-bond donors (Lipinski definition) is 1. The quantitative estimate of drug-likeness (QED) is 0.444. The van der Waals surface area contributed by atoms with E-state index in [9.17, 15) is 4.79 Å². The number of aryl methyl sites for hydroxylation is 1. The molecule has 152 valence electrons. The normalized spacial score (nSPS) is 10.6. The Balaban J connectivity index is 1.46. The van der Waals surface area contributed by atoms with Gasteiger partial charge in [-0.05, 0) is 49.6 Å². The first-order valence-corrected chi connectivity index (χ1v) is 10.8. The molecule has 0 bridgehead atoms. The summed E-state index contributed by atoms with van der Waals surface area (Å²) in [4.78, 5) is 16.7. The van der Waals surface area contributed by atoms with Crippen molar-refractivity contribution >= 4 is 22.4 Å². The van der Waals surface area contributed by atoms with Crippen LogP contribution in [0.15, 0.2) is 53.9 Å². The van der Waals surface area contributed by atoms with Crippen LogP contribution in [0.4, 0.5) is 5.13 Å². The summed E-state index contributed by atoms with van der Waals surface area (Å²) in [7, 11) is 0. The second-order valence-corrected chi connectivity index (χ2v) is 7.32. The largest absolute Gasteiger partial charge is 0.494 e. The summed E-state index contributed by atoms with van der Waals surface area (Å²) in [5.41, 5.74) is 3.00. The van der Waals surface area contributed by atoms with Crippen LogP contribution in [0.5, 0.6) is 11.5 Å². The third-order valence-electron chi connectivity index (χ3n) is 4.36. The van der Waals surface area contributed by atoms with E-state index in [2.05, 4.69) is 29.4 Å². The highest BCUT2D eigenvalue weighted by atomic mass is 32.1. The molecule has 0 unspecified atom stereocenters. The Morgan fingerprint density at radius 3 is 2.62 bits per heavy atom. The summed E-state index contributed by atoms with van der Waals surface area (Å²) in [5, 5.41) is 5.39. The van der Waals surface area contributed by atoms with Gasteiger partial charge >= 0.3 is 0 Å². The number of carbonyl (C=O) groups is 1. The van der Waals surface area contributed by atoms with Gasteiger partial charge in [-0.3, -0.25) is 4.79 Å². The second kappa shape index (κ2) is 10.6. The minimum atomic E-state index is -0.0612. The van der Waals surface area contributed by atoms with E-state index in [1.807, 2.05) is 48.7 Å². The maximum Gasteiger partial charge on any atom is 0.226 e. The summed E-state index contributed by atoms with van der Waals surface area (Å²) in [6.45, 7) is 5.17. The van der Waals surface area contributed by atoms with Crippen LogP contribution in [0.25, 0.3) is 11.3 Å². The molecule has 0 aliphatic heterocycles. The maximum absolute atomic E-state index is 12.2. The molecule has 3 rings (SSSR count). The fourth-order valence-corrected chi connectivity index (χ4v) is 3.57. The van der Waals surface area contributed by atoms with Gasteiger partial charge in [-0.2, -0.15) is 0 Å². The Bertz CT molecular complexity index is 922. The minimum Gasteiger partial charge on any atom is -0.494 e. The van der Waals surface area contributed by atoms with Crippen LogP contribution < -0.4 is 14.8 Å². The van der Waals surface area contributed by atoms with E-state index < -0.39 is 0 Å². The van der Waals surface area contributed by atoms with E-state index in [4.69, 9.17) is 9.47 Å². The van der Waals surface area contributed by atoms with Crippen LogP contribution in [0.3, 0.4) is 0 Å². The highest BCUT2D eigenvalue weighted by molar-refractivity contribution is 7.14. The number of anilines is 1. The van der Waals surface area contributed by atoms with E-state index in [-0.39, 0.29) is 5.91 Å². The number of nitrogens with one attached hydrogen (secondary N) is 1. The fourth-order valence-electron chi connectivity index (χ4n) is 2.84. The molecule has 2 aromatic carbocycles. The van der Waals surface area contributed by atoms with Gasteiger partial charge in [0.05, 0.1) is 18.9 Å². The smallest absolute Gasteiger partial charge is 0.226 e. The number of ether oxygens (including phenoxy) is 2. The van der Waals surface area contributed by atoms with Crippen LogP contribution in [-0.2, 0) is 11.2 Å². The van der Waals surface area contributed by atoms with Crippen molar-refractivity contribution in [3.8, 4) is 22.8 Å². The molecule has 1 heterocycles. The number of benzene rings is 2. The zero-order valence-corrected chi connectivity index (χ0v) is 17.6. The number of rotatable bonds is 10. The molecule has 29 heavy (non-hydrogen) atoms. The predicted octanol–water partition coefficient (Wildman–Crippen LogP) is 5.57. The Morgan fingerprint density at radius 2 is 1.86 bits per heavy atom. The van der Waals surface area contributed by atoms with E-state index in [1.165, 1.54) is 16.9 Å². The lowest BCUT2D eigenvalue weighted by atomic mass is 10.1. The van der Waals surface area contributed by atoms with Crippen molar-refractivity contribution in [2.45, 2.75) is 33.1 Å². The molecule has 5 nitrogen and oxygen atoms in total. The van der Waals surface area contributed by atoms with Gasteiger partial charge in [0, 0.05) is 17.4 Å². The van der Waals surface area contributed by atoms with Gasteiger partial charge in [-0.15, -0.1) is 11.3 Å². The number of nitrogens with zero attached hydrogens (tertiary/aromatic N) is 1. The minimum absolute atomic E-state index is 0.0612. The molecule has 0 fully saturated rings. The van der Waals surface area contributed by atoms with Crippen molar-refractivity contribution in [1.82, 2.24) is 4.98 Å². The molecule has 6 heteroatoms. The van der Waals surface area contributed by atoms with E-state index >= 15 is 0 Å². The van der Waals surface area contributed by atoms with Crippen LogP contribution in [0, 0.1) is 0 Å². The first-order chi connectivity index (χ1) is 14.2. The van der Waals surface area contributed by atoms with Crippen LogP contribution in [0.1, 0.15) is 32.3 Å². The third kappa shape index (κ3) is 6.06. The van der Waals surface area contributed by atoms with Gasteiger partial charge in [0.25, 0.3) is 0 Å². The fraction of sp³-hybridized carbons (Fsp3) is 0.304. The summed E-state index contributed by atoms with van der Waals surface area (Å²) in [6, 6.07) is 15.8. The number of aromatic nitrogens is 1.